The molecule has 49 heavy (non-hydrogen) atoms. The number of hydrogen-bond donors (Lipinski definition) is 0. The molecular weight excluding hydrogens is 595 g/mol. The van der Waals surface area contributed by atoms with Gasteiger partial charge in [0, 0.05) is 22.0 Å². The summed E-state index contributed by atoms with van der Waals surface area (Å²) in [6.45, 7) is 0. The minimum absolute atomic E-state index is 0.363. The third kappa shape index (κ3) is 4.42. The summed E-state index contributed by atoms with van der Waals surface area (Å²) in [6.07, 6.45) is 0. The van der Waals surface area contributed by atoms with Crippen molar-refractivity contribution in [2.24, 2.45) is 0 Å². The summed E-state index contributed by atoms with van der Waals surface area (Å²) >= 11 is 0. The molecule has 8 aromatic carbocycles. The fraction of sp³-hybridized carbons (Fsp3) is 0. The zero-order chi connectivity index (χ0) is 32.9. The molecule has 0 aliphatic heterocycles. The van der Waals surface area contributed by atoms with Crippen molar-refractivity contribution in [3.63, 3.8) is 0 Å². The Morgan fingerprint density at radius 1 is 0.388 bits per heavy atom. The number of rotatable bonds is 4. The largest absolute Gasteiger partial charge is 0.309 e. The Bertz CT molecular complexity index is 2720. The molecule has 0 aliphatic carbocycles. The number of benzene rings is 8. The number of para-hydroxylation sites is 2. The molecule has 0 fully saturated rings. The van der Waals surface area contributed by atoms with Gasteiger partial charge in [-0.2, -0.15) is 10.5 Å². The second kappa shape index (κ2) is 11.4. The fourth-order valence-electron chi connectivity index (χ4n) is 7.55. The van der Waals surface area contributed by atoms with Crippen LogP contribution in [0.5, 0.6) is 0 Å². The number of fused-ring (bicyclic) bond motifs is 5. The van der Waals surface area contributed by atoms with Gasteiger partial charge in [0.05, 0.1) is 22.2 Å². The van der Waals surface area contributed by atoms with Gasteiger partial charge in [-0.3, -0.25) is 0 Å². The van der Waals surface area contributed by atoms with Crippen LogP contribution in [0.2, 0.25) is 0 Å². The van der Waals surface area contributed by atoms with Crippen molar-refractivity contribution < 1.29 is 0 Å². The van der Waals surface area contributed by atoms with Gasteiger partial charge in [-0.15, -0.1) is 0 Å². The zero-order valence-electron chi connectivity index (χ0n) is 26.4. The van der Waals surface area contributed by atoms with Crippen LogP contribution in [0.25, 0.3) is 82.4 Å². The number of nitrogens with zero attached hydrogens (tertiary/aromatic N) is 3. The monoisotopic (exact) mass is 621 g/mol. The van der Waals surface area contributed by atoms with Crippen LogP contribution < -0.4 is 0 Å². The maximum atomic E-state index is 10.5. The maximum Gasteiger partial charge on any atom is 0.101 e. The highest BCUT2D eigenvalue weighted by Crippen LogP contribution is 2.45. The van der Waals surface area contributed by atoms with E-state index < -0.39 is 0 Å². The van der Waals surface area contributed by atoms with E-state index in [1.165, 1.54) is 10.8 Å². The van der Waals surface area contributed by atoms with E-state index in [0.29, 0.717) is 11.1 Å². The van der Waals surface area contributed by atoms with Crippen molar-refractivity contribution in [1.29, 1.82) is 10.5 Å². The van der Waals surface area contributed by atoms with Crippen molar-refractivity contribution in [3.05, 3.63) is 175 Å². The predicted molar refractivity (Wildman–Crippen MR) is 202 cm³/mol. The van der Waals surface area contributed by atoms with E-state index in [0.717, 1.165) is 71.6 Å². The minimum Gasteiger partial charge on any atom is -0.309 e. The van der Waals surface area contributed by atoms with Crippen LogP contribution in [-0.2, 0) is 0 Å². The molecule has 0 spiro atoms. The summed E-state index contributed by atoms with van der Waals surface area (Å²) in [5, 5.41) is 27.6. The molecule has 0 unspecified atom stereocenters. The van der Waals surface area contributed by atoms with Gasteiger partial charge in [0.15, 0.2) is 0 Å². The lowest BCUT2D eigenvalue weighted by atomic mass is 9.83. The SMILES string of the molecule is N#Cc1cc(-c2ccc(-n3c4ccccc4c4ccccc43)cc2)cc(-c2c3ccccc3c(-c3ccccc3)c3ccccc23)c1C#N. The molecule has 0 amide bonds. The Morgan fingerprint density at radius 3 is 1.41 bits per heavy atom. The van der Waals surface area contributed by atoms with Crippen LogP contribution >= 0.6 is 0 Å². The van der Waals surface area contributed by atoms with Gasteiger partial charge in [-0.25, -0.2) is 0 Å². The molecule has 9 rings (SSSR count). The van der Waals surface area contributed by atoms with Gasteiger partial charge in [0.1, 0.15) is 12.1 Å². The standard InChI is InChI=1S/C46H27N3/c47-28-33-26-32(30-22-24-34(25-23-30)49-43-20-10-8-14-35(43)36-15-9-11-21-44(36)49)27-41(42(33)29-48)46-39-18-6-4-16-37(39)45(31-12-2-1-3-13-31)38-17-5-7-19-40(38)46/h1-27H. The Hall–Kier alpha value is -6.94. The number of aromatic nitrogens is 1. The summed E-state index contributed by atoms with van der Waals surface area (Å²) in [4.78, 5) is 0. The summed E-state index contributed by atoms with van der Waals surface area (Å²) in [7, 11) is 0. The summed E-state index contributed by atoms with van der Waals surface area (Å²) < 4.78 is 2.30. The van der Waals surface area contributed by atoms with Crippen LogP contribution in [0.4, 0.5) is 0 Å². The van der Waals surface area contributed by atoms with Crippen molar-refractivity contribution in [2.45, 2.75) is 0 Å². The van der Waals surface area contributed by atoms with Crippen LogP contribution in [0.1, 0.15) is 11.1 Å². The first-order chi connectivity index (χ1) is 24.2. The quantitative estimate of drug-likeness (QED) is 0.184. The molecule has 0 N–H and O–H groups in total. The molecule has 1 aromatic heterocycles. The van der Waals surface area contributed by atoms with E-state index in [-0.39, 0.29) is 0 Å². The number of nitriles is 2. The Labute approximate surface area is 283 Å². The molecule has 0 aliphatic rings. The summed E-state index contributed by atoms with van der Waals surface area (Å²) in [5.41, 5.74) is 9.99. The summed E-state index contributed by atoms with van der Waals surface area (Å²) in [6, 6.07) is 61.4. The molecular formula is C46H27N3. The molecule has 0 saturated carbocycles. The zero-order valence-corrected chi connectivity index (χ0v) is 26.4. The van der Waals surface area contributed by atoms with E-state index in [1.807, 2.05) is 24.3 Å². The lowest BCUT2D eigenvalue weighted by Gasteiger charge is -2.19. The van der Waals surface area contributed by atoms with Gasteiger partial charge in [-0.05, 0) is 85.8 Å². The van der Waals surface area contributed by atoms with Crippen molar-refractivity contribution in [2.75, 3.05) is 0 Å². The average Bonchev–Trinajstić information content (AvgIpc) is 3.51. The van der Waals surface area contributed by atoms with Crippen LogP contribution in [0.15, 0.2) is 164 Å². The highest BCUT2D eigenvalue weighted by molar-refractivity contribution is 6.22. The topological polar surface area (TPSA) is 52.5 Å². The van der Waals surface area contributed by atoms with Gasteiger partial charge in [0.25, 0.3) is 0 Å². The van der Waals surface area contributed by atoms with Gasteiger partial charge >= 0.3 is 0 Å². The van der Waals surface area contributed by atoms with E-state index in [2.05, 4.69) is 156 Å². The molecule has 0 saturated heterocycles. The molecule has 226 valence electrons. The lowest BCUT2D eigenvalue weighted by molar-refractivity contribution is 1.18. The first-order valence-corrected chi connectivity index (χ1v) is 16.3. The Balaban J connectivity index is 1.27. The molecule has 9 aromatic rings. The third-order valence-corrected chi connectivity index (χ3v) is 9.67. The van der Waals surface area contributed by atoms with Crippen molar-refractivity contribution in [1.82, 2.24) is 4.57 Å². The van der Waals surface area contributed by atoms with Crippen molar-refractivity contribution >= 4 is 43.4 Å². The molecule has 0 radical (unpaired) electrons. The second-order valence-electron chi connectivity index (χ2n) is 12.3. The minimum atomic E-state index is 0.363. The fourth-order valence-corrected chi connectivity index (χ4v) is 7.55. The molecule has 1 heterocycles. The first kappa shape index (κ1) is 28.3. The molecule has 3 heteroatoms. The van der Waals surface area contributed by atoms with Crippen LogP contribution in [-0.4, -0.2) is 4.57 Å². The van der Waals surface area contributed by atoms with Gasteiger partial charge in [0.2, 0.25) is 0 Å². The highest BCUT2D eigenvalue weighted by Gasteiger charge is 2.21. The maximum absolute atomic E-state index is 10.5. The van der Waals surface area contributed by atoms with Gasteiger partial charge < -0.3 is 4.57 Å². The second-order valence-corrected chi connectivity index (χ2v) is 12.3. The Morgan fingerprint density at radius 2 is 0.878 bits per heavy atom. The predicted octanol–water partition coefficient (Wildman–Crippen LogP) is 11.8. The van der Waals surface area contributed by atoms with E-state index in [1.54, 1.807) is 0 Å². The smallest absolute Gasteiger partial charge is 0.101 e. The molecule has 3 nitrogen and oxygen atoms in total. The van der Waals surface area contributed by atoms with Gasteiger partial charge in [-0.1, -0.05) is 127 Å². The van der Waals surface area contributed by atoms with E-state index >= 15 is 0 Å². The molecule has 0 atom stereocenters. The van der Waals surface area contributed by atoms with Crippen LogP contribution in [0.3, 0.4) is 0 Å². The first-order valence-electron chi connectivity index (χ1n) is 16.3. The lowest BCUT2D eigenvalue weighted by Crippen LogP contribution is -1.96. The highest BCUT2D eigenvalue weighted by atomic mass is 15.0. The third-order valence-electron chi connectivity index (χ3n) is 9.67. The number of hydrogen-bond acceptors (Lipinski definition) is 2. The van der Waals surface area contributed by atoms with Crippen LogP contribution in [0, 0.1) is 22.7 Å². The normalized spacial score (nSPS) is 11.2. The summed E-state index contributed by atoms with van der Waals surface area (Å²) in [5.74, 6) is 0. The Kier molecular flexibility index (Phi) is 6.58. The van der Waals surface area contributed by atoms with Crippen molar-refractivity contribution in [3.8, 4) is 51.2 Å². The van der Waals surface area contributed by atoms with E-state index in [9.17, 15) is 10.5 Å². The average molecular weight is 622 g/mol. The van der Waals surface area contributed by atoms with E-state index in [4.69, 9.17) is 0 Å². The molecule has 0 bridgehead atoms.